The zero-order chi connectivity index (χ0) is 18.3. The number of para-hydroxylation sites is 1. The van der Waals surface area contributed by atoms with Gasteiger partial charge < -0.3 is 5.73 Å². The highest BCUT2D eigenvalue weighted by Crippen LogP contribution is 2.40. The average molecular weight is 386 g/mol. The van der Waals surface area contributed by atoms with E-state index in [4.69, 9.17) is 10.7 Å². The molecule has 5 nitrogen and oxygen atoms in total. The lowest BCUT2D eigenvalue weighted by Crippen LogP contribution is -2.23. The second kappa shape index (κ2) is 6.89. The Morgan fingerprint density at radius 3 is 2.88 bits per heavy atom. The van der Waals surface area contributed by atoms with Crippen molar-refractivity contribution in [2.45, 2.75) is 37.3 Å². The van der Waals surface area contributed by atoms with Gasteiger partial charge in [0.05, 0.1) is 16.8 Å². The fraction of sp³-hybridized carbons (Fsp3) is 0.316. The zero-order valence-corrected chi connectivity index (χ0v) is 16.0. The minimum Gasteiger partial charge on any atom is -0.369 e. The van der Waals surface area contributed by atoms with E-state index in [9.17, 15) is 9.59 Å². The second-order valence-electron chi connectivity index (χ2n) is 6.54. The van der Waals surface area contributed by atoms with Crippen LogP contribution in [-0.4, -0.2) is 21.2 Å². The Balaban J connectivity index is 2.00. The molecule has 0 radical (unpaired) electrons. The number of hydrogen-bond acceptors (Lipinski definition) is 5. The van der Waals surface area contributed by atoms with Crippen molar-refractivity contribution in [2.24, 2.45) is 5.73 Å². The normalized spacial score (nSPS) is 16.6. The molecule has 0 unspecified atom stereocenters. The van der Waals surface area contributed by atoms with E-state index < -0.39 is 5.91 Å². The Morgan fingerprint density at radius 1 is 1.38 bits per heavy atom. The van der Waals surface area contributed by atoms with E-state index in [0.29, 0.717) is 11.1 Å². The van der Waals surface area contributed by atoms with Crippen LogP contribution < -0.4 is 11.3 Å². The first kappa shape index (κ1) is 17.3. The van der Waals surface area contributed by atoms with Crippen LogP contribution in [0.25, 0.3) is 15.9 Å². The number of carbonyl (C=O) groups is 1. The fourth-order valence-corrected chi connectivity index (χ4v) is 5.68. The first-order chi connectivity index (χ1) is 12.6. The van der Waals surface area contributed by atoms with Crippen molar-refractivity contribution < 1.29 is 4.79 Å². The molecule has 0 bridgehead atoms. The molecule has 0 fully saturated rings. The van der Waals surface area contributed by atoms with E-state index in [1.165, 1.54) is 22.2 Å². The summed E-state index contributed by atoms with van der Waals surface area (Å²) in [5.41, 5.74) is 7.17. The Bertz CT molecular complexity index is 1040. The van der Waals surface area contributed by atoms with Crippen molar-refractivity contribution in [3.63, 3.8) is 0 Å². The van der Waals surface area contributed by atoms with Gasteiger partial charge in [-0.1, -0.05) is 36.9 Å². The van der Waals surface area contributed by atoms with Gasteiger partial charge in [0.1, 0.15) is 4.83 Å². The maximum Gasteiger partial charge on any atom is 0.267 e. The minimum atomic E-state index is -0.428. The molecule has 2 N–H and O–H groups in total. The van der Waals surface area contributed by atoms with Gasteiger partial charge in [0.25, 0.3) is 5.56 Å². The summed E-state index contributed by atoms with van der Waals surface area (Å²) in [6, 6.07) is 9.45. The number of primary amides is 1. The summed E-state index contributed by atoms with van der Waals surface area (Å²) < 4.78 is 1.62. The molecule has 1 aliphatic rings. The smallest absolute Gasteiger partial charge is 0.267 e. The monoisotopic (exact) mass is 385 g/mol. The molecule has 1 aromatic carbocycles. The molecule has 0 aliphatic heterocycles. The summed E-state index contributed by atoms with van der Waals surface area (Å²) in [6.45, 7) is 2.19. The number of hydrogen-bond donors (Lipinski definition) is 1. The summed E-state index contributed by atoms with van der Waals surface area (Å²) in [5.74, 6) is 0.0325. The number of rotatable bonds is 4. The van der Waals surface area contributed by atoms with Crippen molar-refractivity contribution in [1.82, 2.24) is 9.55 Å². The Hall–Kier alpha value is -2.12. The average Bonchev–Trinajstić information content (AvgIpc) is 3.00. The lowest BCUT2D eigenvalue weighted by atomic mass is 9.88. The Morgan fingerprint density at radius 2 is 2.15 bits per heavy atom. The molecule has 1 aliphatic carbocycles. The summed E-state index contributed by atoms with van der Waals surface area (Å²) in [4.78, 5) is 31.5. The van der Waals surface area contributed by atoms with Gasteiger partial charge in [0.15, 0.2) is 5.16 Å². The molecule has 2 heterocycles. The minimum absolute atomic E-state index is 0.0561. The predicted molar refractivity (Wildman–Crippen MR) is 106 cm³/mol. The molecule has 1 atom stereocenters. The standard InChI is InChI=1S/C19H19N3O2S2/c1-11-6-5-9-13-15(11)16-17(26-13)21-19(25-10-14(20)23)22(18(16)24)12-7-3-2-4-8-12/h2-4,7-8,11H,5-6,9-10H2,1H3,(H2,20,23)/t11-/m1/s1. The molecule has 0 saturated carbocycles. The van der Waals surface area contributed by atoms with Gasteiger partial charge in [-0.15, -0.1) is 11.3 Å². The number of carbonyl (C=O) groups excluding carboxylic acids is 1. The molecule has 2 aromatic heterocycles. The molecule has 134 valence electrons. The third-order valence-corrected chi connectivity index (χ3v) is 6.82. The molecule has 4 rings (SSSR count). The van der Waals surface area contributed by atoms with Crippen LogP contribution in [0.1, 0.15) is 36.1 Å². The van der Waals surface area contributed by atoms with E-state index in [1.54, 1.807) is 15.9 Å². The molecule has 0 saturated heterocycles. The molecular formula is C19H19N3O2S2. The Kier molecular flexibility index (Phi) is 4.58. The van der Waals surface area contributed by atoms with Crippen LogP contribution in [0.2, 0.25) is 0 Å². The van der Waals surface area contributed by atoms with Crippen LogP contribution in [0.15, 0.2) is 40.3 Å². The third kappa shape index (κ3) is 2.95. The van der Waals surface area contributed by atoms with Gasteiger partial charge in [-0.25, -0.2) is 4.98 Å². The van der Waals surface area contributed by atoms with E-state index in [-0.39, 0.29) is 11.3 Å². The fourth-order valence-electron chi connectivity index (χ4n) is 3.56. The molecule has 7 heteroatoms. The van der Waals surface area contributed by atoms with Crippen molar-refractivity contribution >= 4 is 39.2 Å². The van der Waals surface area contributed by atoms with Crippen LogP contribution in [0, 0.1) is 0 Å². The lowest BCUT2D eigenvalue weighted by molar-refractivity contribution is -0.115. The SMILES string of the molecule is C[C@@H]1CCCc2sc3nc(SCC(N)=O)n(-c4ccccc4)c(=O)c3c21. The van der Waals surface area contributed by atoms with E-state index >= 15 is 0 Å². The highest BCUT2D eigenvalue weighted by Gasteiger charge is 2.26. The molecular weight excluding hydrogens is 366 g/mol. The molecule has 3 aromatic rings. The van der Waals surface area contributed by atoms with Crippen molar-refractivity contribution in [3.8, 4) is 5.69 Å². The van der Waals surface area contributed by atoms with Gasteiger partial charge in [-0.05, 0) is 42.9 Å². The topological polar surface area (TPSA) is 78.0 Å². The number of aryl methyl sites for hydroxylation is 1. The van der Waals surface area contributed by atoms with Crippen LogP contribution in [0.5, 0.6) is 0 Å². The number of thiophene rings is 1. The number of amides is 1. The molecule has 0 spiro atoms. The highest BCUT2D eigenvalue weighted by molar-refractivity contribution is 7.99. The van der Waals surface area contributed by atoms with Crippen LogP contribution in [-0.2, 0) is 11.2 Å². The maximum absolute atomic E-state index is 13.5. The number of benzene rings is 1. The third-order valence-electron chi connectivity index (χ3n) is 4.70. The maximum atomic E-state index is 13.5. The number of aromatic nitrogens is 2. The van der Waals surface area contributed by atoms with E-state index in [1.807, 2.05) is 30.3 Å². The zero-order valence-electron chi connectivity index (χ0n) is 14.4. The van der Waals surface area contributed by atoms with Crippen molar-refractivity contribution in [3.05, 3.63) is 51.1 Å². The molecule has 26 heavy (non-hydrogen) atoms. The summed E-state index contributed by atoms with van der Waals surface area (Å²) in [6.07, 6.45) is 3.26. The highest BCUT2D eigenvalue weighted by atomic mass is 32.2. The second-order valence-corrected chi connectivity index (χ2v) is 8.56. The quantitative estimate of drug-likeness (QED) is 0.551. The number of fused-ring (bicyclic) bond motifs is 3. The summed E-state index contributed by atoms with van der Waals surface area (Å²) >= 11 is 2.83. The summed E-state index contributed by atoms with van der Waals surface area (Å²) in [7, 11) is 0. The van der Waals surface area contributed by atoms with E-state index in [2.05, 4.69) is 6.92 Å². The first-order valence-electron chi connectivity index (χ1n) is 8.61. The number of nitrogens with zero attached hydrogens (tertiary/aromatic N) is 2. The largest absolute Gasteiger partial charge is 0.369 e. The predicted octanol–water partition coefficient (Wildman–Crippen LogP) is 3.46. The number of nitrogens with two attached hydrogens (primary N) is 1. The molecule has 1 amide bonds. The first-order valence-corrected chi connectivity index (χ1v) is 10.4. The van der Waals surface area contributed by atoms with Gasteiger partial charge >= 0.3 is 0 Å². The Labute approximate surface area is 159 Å². The van der Waals surface area contributed by atoms with Gasteiger partial charge in [0, 0.05) is 4.88 Å². The summed E-state index contributed by atoms with van der Waals surface area (Å²) in [5, 5.41) is 1.25. The van der Waals surface area contributed by atoms with Crippen molar-refractivity contribution in [2.75, 3.05) is 5.75 Å². The lowest BCUT2D eigenvalue weighted by Gasteiger charge is -2.19. The van der Waals surface area contributed by atoms with Crippen molar-refractivity contribution in [1.29, 1.82) is 0 Å². The van der Waals surface area contributed by atoms with Gasteiger partial charge in [-0.3, -0.25) is 14.2 Å². The van der Waals surface area contributed by atoms with Crippen LogP contribution in [0.3, 0.4) is 0 Å². The van der Waals surface area contributed by atoms with Crippen LogP contribution in [0.4, 0.5) is 0 Å². The van der Waals surface area contributed by atoms with Gasteiger partial charge in [-0.2, -0.15) is 0 Å². The number of thioether (sulfide) groups is 1. The van der Waals surface area contributed by atoms with Gasteiger partial charge in [0.2, 0.25) is 5.91 Å². The van der Waals surface area contributed by atoms with Crippen LogP contribution >= 0.6 is 23.1 Å². The van der Waals surface area contributed by atoms with E-state index in [0.717, 1.165) is 35.2 Å².